The molecule has 0 aliphatic carbocycles. The number of alkyl halides is 3. The third-order valence-electron chi connectivity index (χ3n) is 1.75. The number of hydrogen-bond acceptors (Lipinski definition) is 4. The third-order valence-corrected chi connectivity index (χ3v) is 1.75. The lowest BCUT2D eigenvalue weighted by molar-refractivity contribution is 0.0506. The minimum atomic E-state index is -2.96. The molecule has 0 aliphatic heterocycles. The van der Waals surface area contributed by atoms with Crippen LogP contribution in [0.25, 0.3) is 0 Å². The molecule has 0 radical (unpaired) electrons. The number of rotatable bonds is 5. The molecule has 1 aromatic rings. The van der Waals surface area contributed by atoms with Gasteiger partial charge in [-0.05, 0) is 6.92 Å². The first-order valence-electron chi connectivity index (χ1n) is 4.56. The predicted octanol–water partition coefficient (Wildman–Crippen LogP) is 1.36. The summed E-state index contributed by atoms with van der Waals surface area (Å²) in [5.74, 6) is -0.983. The van der Waals surface area contributed by atoms with E-state index in [1.807, 2.05) is 0 Å². The minimum Gasteiger partial charge on any atom is -0.461 e. The molecule has 5 nitrogen and oxygen atoms in total. The maximum Gasteiger partial charge on any atom is 0.361 e. The van der Waals surface area contributed by atoms with Crippen LogP contribution in [0, 0.1) is 0 Å². The van der Waals surface area contributed by atoms with E-state index in [4.69, 9.17) is 0 Å². The van der Waals surface area contributed by atoms with Gasteiger partial charge < -0.3 is 4.74 Å². The van der Waals surface area contributed by atoms with E-state index in [9.17, 15) is 18.0 Å². The van der Waals surface area contributed by atoms with E-state index >= 15 is 0 Å². The molecule has 0 atom stereocenters. The maximum absolute atomic E-state index is 12.6. The molecule has 0 aromatic carbocycles. The summed E-state index contributed by atoms with van der Waals surface area (Å²) in [5.41, 5.74) is -1.28. The minimum absolute atomic E-state index is 0.0392. The van der Waals surface area contributed by atoms with Gasteiger partial charge in [0.15, 0.2) is 5.69 Å². The zero-order valence-electron chi connectivity index (χ0n) is 8.49. The Balaban J connectivity index is 3.04. The number of ether oxygens (including phenoxy) is 1. The van der Waals surface area contributed by atoms with Crippen molar-refractivity contribution in [2.24, 2.45) is 0 Å². The van der Waals surface area contributed by atoms with E-state index in [-0.39, 0.29) is 13.2 Å². The Hall–Kier alpha value is -1.60. The van der Waals surface area contributed by atoms with Gasteiger partial charge in [-0.3, -0.25) is 0 Å². The van der Waals surface area contributed by atoms with E-state index in [0.717, 1.165) is 0 Å². The first-order valence-corrected chi connectivity index (χ1v) is 4.56. The average Bonchev–Trinajstić information content (AvgIpc) is 2.62. The van der Waals surface area contributed by atoms with Crippen LogP contribution in [0.15, 0.2) is 0 Å². The summed E-state index contributed by atoms with van der Waals surface area (Å²) in [4.78, 5) is 11.2. The van der Waals surface area contributed by atoms with Gasteiger partial charge in [0.05, 0.1) is 13.2 Å². The number of nitrogens with zero attached hydrogens (tertiary/aromatic N) is 3. The molecule has 0 fully saturated rings. The van der Waals surface area contributed by atoms with Crippen molar-refractivity contribution in [1.82, 2.24) is 15.0 Å². The lowest BCUT2D eigenvalue weighted by Gasteiger charge is -2.04. The van der Waals surface area contributed by atoms with Crippen molar-refractivity contribution in [1.29, 1.82) is 0 Å². The summed E-state index contributed by atoms with van der Waals surface area (Å²) < 4.78 is 42.5. The molecule has 1 heterocycles. The van der Waals surface area contributed by atoms with E-state index in [0.29, 0.717) is 4.68 Å². The Morgan fingerprint density at radius 3 is 2.75 bits per heavy atom. The first kappa shape index (κ1) is 12.5. The molecule has 0 aliphatic rings. The molecule has 0 amide bonds. The van der Waals surface area contributed by atoms with Gasteiger partial charge in [-0.2, -0.15) is 0 Å². The molecule has 8 heteroatoms. The quantitative estimate of drug-likeness (QED) is 0.725. The monoisotopic (exact) mass is 237 g/mol. The van der Waals surface area contributed by atoms with Gasteiger partial charge in [-0.25, -0.2) is 22.6 Å². The number of aromatic nitrogens is 3. The van der Waals surface area contributed by atoms with Crippen LogP contribution in [0.2, 0.25) is 0 Å². The molecule has 90 valence electrons. The zero-order valence-corrected chi connectivity index (χ0v) is 8.49. The van der Waals surface area contributed by atoms with Crippen molar-refractivity contribution in [2.45, 2.75) is 19.9 Å². The molecule has 0 N–H and O–H groups in total. The summed E-state index contributed by atoms with van der Waals surface area (Å²) >= 11 is 0. The van der Waals surface area contributed by atoms with Crippen molar-refractivity contribution in [3.8, 4) is 0 Å². The van der Waals surface area contributed by atoms with Crippen molar-refractivity contribution >= 4 is 5.97 Å². The first-order chi connectivity index (χ1) is 7.61. The number of carbonyl (C=O) groups excluding carboxylic acids is 1. The largest absolute Gasteiger partial charge is 0.461 e. The van der Waals surface area contributed by atoms with Crippen LogP contribution < -0.4 is 0 Å². The fourth-order valence-electron chi connectivity index (χ4n) is 1.13. The van der Waals surface area contributed by atoms with Crippen LogP contribution in [-0.2, 0) is 11.3 Å². The van der Waals surface area contributed by atoms with E-state index < -0.39 is 30.5 Å². The lowest BCUT2D eigenvalue weighted by atomic mass is 10.3. The maximum atomic E-state index is 12.6. The van der Waals surface area contributed by atoms with E-state index in [1.54, 1.807) is 0 Å². The fourth-order valence-corrected chi connectivity index (χ4v) is 1.13. The topological polar surface area (TPSA) is 57.0 Å². The smallest absolute Gasteiger partial charge is 0.361 e. The molecular formula is C8H10F3N3O2. The molecule has 1 rings (SSSR count). The zero-order chi connectivity index (χ0) is 12.1. The summed E-state index contributed by atoms with van der Waals surface area (Å²) in [6.07, 6.45) is -2.96. The molecule has 0 saturated carbocycles. The van der Waals surface area contributed by atoms with Gasteiger partial charge in [-0.15, -0.1) is 5.10 Å². The molecule has 1 aromatic heterocycles. The van der Waals surface area contributed by atoms with Gasteiger partial charge in [0, 0.05) is 0 Å². The van der Waals surface area contributed by atoms with Crippen LogP contribution >= 0.6 is 0 Å². The molecule has 0 spiro atoms. The Morgan fingerprint density at radius 2 is 2.25 bits per heavy atom. The molecule has 0 bridgehead atoms. The predicted molar refractivity (Wildman–Crippen MR) is 46.9 cm³/mol. The Bertz CT molecular complexity index is 367. The standard InChI is InChI=1S/C8H10F3N3O2/c1-2-16-8(15)5-6(7(10)11)14(4-3-9)13-12-5/h7H,2-4H2,1H3. The van der Waals surface area contributed by atoms with Crippen LogP contribution in [0.4, 0.5) is 13.2 Å². The lowest BCUT2D eigenvalue weighted by Crippen LogP contribution is -2.12. The second kappa shape index (κ2) is 5.47. The summed E-state index contributed by atoms with van der Waals surface area (Å²) in [5, 5.41) is 6.54. The second-order valence-electron chi connectivity index (χ2n) is 2.76. The molecule has 16 heavy (non-hydrogen) atoms. The van der Waals surface area contributed by atoms with Crippen LogP contribution in [-0.4, -0.2) is 34.2 Å². The van der Waals surface area contributed by atoms with Gasteiger partial charge >= 0.3 is 5.97 Å². The van der Waals surface area contributed by atoms with Gasteiger partial charge in [-0.1, -0.05) is 5.21 Å². The van der Waals surface area contributed by atoms with Crippen molar-refractivity contribution < 1.29 is 22.7 Å². The number of halogens is 3. The Morgan fingerprint density at radius 1 is 1.56 bits per heavy atom. The molecular weight excluding hydrogens is 227 g/mol. The molecule has 0 unspecified atom stereocenters. The highest BCUT2D eigenvalue weighted by Crippen LogP contribution is 2.21. The Labute approximate surface area is 89.2 Å². The SMILES string of the molecule is CCOC(=O)c1nnn(CCF)c1C(F)F. The fraction of sp³-hybridized carbons (Fsp3) is 0.625. The molecule has 0 saturated heterocycles. The second-order valence-corrected chi connectivity index (χ2v) is 2.76. The van der Waals surface area contributed by atoms with Gasteiger partial charge in [0.2, 0.25) is 0 Å². The van der Waals surface area contributed by atoms with Crippen LogP contribution in [0.1, 0.15) is 29.5 Å². The highest BCUT2D eigenvalue weighted by atomic mass is 19.3. The van der Waals surface area contributed by atoms with Gasteiger partial charge in [0.25, 0.3) is 6.43 Å². The number of aryl methyl sites for hydroxylation is 1. The summed E-state index contributed by atoms with van der Waals surface area (Å²) in [7, 11) is 0. The van der Waals surface area contributed by atoms with E-state index in [1.165, 1.54) is 6.92 Å². The highest BCUT2D eigenvalue weighted by molar-refractivity contribution is 5.88. The Kier molecular flexibility index (Phi) is 4.27. The third kappa shape index (κ3) is 2.50. The van der Waals surface area contributed by atoms with E-state index in [2.05, 4.69) is 15.0 Å². The van der Waals surface area contributed by atoms with Crippen LogP contribution in [0.3, 0.4) is 0 Å². The number of esters is 1. The number of carbonyl (C=O) groups is 1. The van der Waals surface area contributed by atoms with Crippen LogP contribution in [0.5, 0.6) is 0 Å². The summed E-state index contributed by atoms with van der Waals surface area (Å²) in [6, 6.07) is 0. The van der Waals surface area contributed by atoms with Crippen molar-refractivity contribution in [2.75, 3.05) is 13.3 Å². The van der Waals surface area contributed by atoms with Gasteiger partial charge in [0.1, 0.15) is 12.4 Å². The van der Waals surface area contributed by atoms with Crippen molar-refractivity contribution in [3.63, 3.8) is 0 Å². The normalized spacial score (nSPS) is 10.8. The number of hydrogen-bond donors (Lipinski definition) is 0. The van der Waals surface area contributed by atoms with Crippen molar-refractivity contribution in [3.05, 3.63) is 11.4 Å². The average molecular weight is 237 g/mol. The highest BCUT2D eigenvalue weighted by Gasteiger charge is 2.27. The summed E-state index contributed by atoms with van der Waals surface area (Å²) in [6.45, 7) is 0.334.